The van der Waals surface area contributed by atoms with Crippen molar-refractivity contribution in [3.05, 3.63) is 24.5 Å². The summed E-state index contributed by atoms with van der Waals surface area (Å²) in [6, 6.07) is 3.54. The summed E-state index contributed by atoms with van der Waals surface area (Å²) in [7, 11) is 0. The van der Waals surface area contributed by atoms with E-state index in [2.05, 4.69) is 15.3 Å². The van der Waals surface area contributed by atoms with Crippen LogP contribution in [0.25, 0.3) is 11.0 Å². The van der Waals surface area contributed by atoms with Gasteiger partial charge in [-0.1, -0.05) is 0 Å². The molecule has 0 unspecified atom stereocenters. The minimum absolute atomic E-state index is 0.472. The van der Waals surface area contributed by atoms with Crippen LogP contribution in [0.2, 0.25) is 0 Å². The molecule has 2 aromatic heterocycles. The highest BCUT2D eigenvalue weighted by molar-refractivity contribution is 5.87. The Labute approximate surface area is 73.4 Å². The minimum atomic E-state index is -1.09. The average Bonchev–Trinajstić information content (AvgIpc) is 2.49. The number of aromatic amines is 1. The van der Waals surface area contributed by atoms with Gasteiger partial charge in [-0.25, -0.2) is 9.78 Å². The average molecular weight is 177 g/mol. The van der Waals surface area contributed by atoms with E-state index in [-0.39, 0.29) is 0 Å². The first-order valence-electron chi connectivity index (χ1n) is 3.69. The number of carboxylic acid groups (broad SMARTS) is 1. The fraction of sp³-hybridized carbons (Fsp3) is 0. The van der Waals surface area contributed by atoms with E-state index in [4.69, 9.17) is 5.11 Å². The lowest BCUT2D eigenvalue weighted by Crippen LogP contribution is -2.07. The molecule has 2 aromatic rings. The number of carbonyl (C=O) groups is 1. The lowest BCUT2D eigenvalue weighted by atomic mass is 10.3. The van der Waals surface area contributed by atoms with Crippen LogP contribution in [0, 0.1) is 0 Å². The quantitative estimate of drug-likeness (QED) is 0.619. The number of nitrogens with zero attached hydrogens (tertiary/aromatic N) is 1. The molecular weight excluding hydrogens is 170 g/mol. The number of fused-ring (bicyclic) bond motifs is 1. The molecule has 3 N–H and O–H groups in total. The van der Waals surface area contributed by atoms with E-state index in [9.17, 15) is 4.79 Å². The molecule has 0 aliphatic rings. The molecule has 13 heavy (non-hydrogen) atoms. The van der Waals surface area contributed by atoms with Crippen molar-refractivity contribution in [1.29, 1.82) is 0 Å². The smallest absolute Gasteiger partial charge is 0.409 e. The Bertz CT molecular complexity index is 449. The maximum absolute atomic E-state index is 10.3. The lowest BCUT2D eigenvalue weighted by molar-refractivity contribution is 0.209. The van der Waals surface area contributed by atoms with Gasteiger partial charge in [-0.2, -0.15) is 0 Å². The van der Waals surface area contributed by atoms with Crippen molar-refractivity contribution < 1.29 is 9.90 Å². The normalized spacial score (nSPS) is 10.2. The summed E-state index contributed by atoms with van der Waals surface area (Å²) >= 11 is 0. The van der Waals surface area contributed by atoms with Crippen molar-refractivity contribution in [1.82, 2.24) is 9.97 Å². The highest BCUT2D eigenvalue weighted by Gasteiger charge is 2.00. The molecule has 0 aliphatic carbocycles. The van der Waals surface area contributed by atoms with Gasteiger partial charge in [-0.05, 0) is 12.1 Å². The number of hydrogen-bond acceptors (Lipinski definition) is 2. The van der Waals surface area contributed by atoms with Crippen LogP contribution in [-0.2, 0) is 0 Å². The van der Waals surface area contributed by atoms with E-state index >= 15 is 0 Å². The Morgan fingerprint density at radius 3 is 3.23 bits per heavy atom. The number of rotatable bonds is 1. The zero-order valence-corrected chi connectivity index (χ0v) is 6.61. The Morgan fingerprint density at radius 1 is 1.62 bits per heavy atom. The van der Waals surface area contributed by atoms with E-state index in [1.165, 1.54) is 6.20 Å². The van der Waals surface area contributed by atoms with Crippen LogP contribution in [-0.4, -0.2) is 21.2 Å². The zero-order valence-electron chi connectivity index (χ0n) is 6.61. The van der Waals surface area contributed by atoms with E-state index in [1.807, 2.05) is 6.07 Å². The summed E-state index contributed by atoms with van der Waals surface area (Å²) in [5.74, 6) is 0. The van der Waals surface area contributed by atoms with Crippen molar-refractivity contribution in [3.63, 3.8) is 0 Å². The first kappa shape index (κ1) is 7.60. The van der Waals surface area contributed by atoms with E-state index in [1.54, 1.807) is 12.3 Å². The predicted octanol–water partition coefficient (Wildman–Crippen LogP) is 1.65. The summed E-state index contributed by atoms with van der Waals surface area (Å²) in [6.07, 6.45) is 2.13. The molecule has 0 radical (unpaired) electrons. The lowest BCUT2D eigenvalue weighted by Gasteiger charge is -1.98. The van der Waals surface area contributed by atoms with Gasteiger partial charge in [0.2, 0.25) is 0 Å². The molecule has 0 fully saturated rings. The fourth-order valence-electron chi connectivity index (χ4n) is 1.13. The SMILES string of the molecule is O=C(O)Nc1cnc2[nH]ccc2c1. The van der Waals surface area contributed by atoms with Crippen LogP contribution in [0.5, 0.6) is 0 Å². The Kier molecular flexibility index (Phi) is 1.63. The standard InChI is InChI=1S/C8H7N3O2/c12-8(13)11-6-3-5-1-2-9-7(5)10-4-6/h1-4,11H,(H,9,10)(H,12,13). The molecule has 0 saturated heterocycles. The Balaban J connectivity index is 2.42. The third-order valence-corrected chi connectivity index (χ3v) is 1.65. The molecule has 0 spiro atoms. The number of nitrogens with one attached hydrogen (secondary N) is 2. The van der Waals surface area contributed by atoms with Gasteiger partial charge in [0.05, 0.1) is 11.9 Å². The van der Waals surface area contributed by atoms with Gasteiger partial charge in [-0.3, -0.25) is 5.32 Å². The third-order valence-electron chi connectivity index (χ3n) is 1.65. The molecule has 2 rings (SSSR count). The highest BCUT2D eigenvalue weighted by Crippen LogP contribution is 2.14. The number of anilines is 1. The molecule has 0 aliphatic heterocycles. The van der Waals surface area contributed by atoms with Crippen LogP contribution >= 0.6 is 0 Å². The van der Waals surface area contributed by atoms with E-state index in [0.29, 0.717) is 5.69 Å². The third kappa shape index (κ3) is 1.44. The van der Waals surface area contributed by atoms with Gasteiger partial charge in [0.25, 0.3) is 0 Å². The van der Waals surface area contributed by atoms with Crippen molar-refractivity contribution >= 4 is 22.8 Å². The number of hydrogen-bond donors (Lipinski definition) is 3. The largest absolute Gasteiger partial charge is 0.465 e. The fourth-order valence-corrected chi connectivity index (χ4v) is 1.13. The second kappa shape index (κ2) is 2.78. The molecule has 5 heteroatoms. The number of pyridine rings is 1. The van der Waals surface area contributed by atoms with Crippen LogP contribution in [0.4, 0.5) is 10.5 Å². The van der Waals surface area contributed by atoms with Crippen molar-refractivity contribution in [2.45, 2.75) is 0 Å². The topological polar surface area (TPSA) is 78.0 Å². The van der Waals surface area contributed by atoms with Crippen LogP contribution in [0.3, 0.4) is 0 Å². The second-order valence-corrected chi connectivity index (χ2v) is 2.57. The monoisotopic (exact) mass is 177 g/mol. The number of H-pyrrole nitrogens is 1. The maximum Gasteiger partial charge on any atom is 0.409 e. The molecule has 66 valence electrons. The predicted molar refractivity (Wildman–Crippen MR) is 47.7 cm³/mol. The van der Waals surface area contributed by atoms with Crippen LogP contribution in [0.15, 0.2) is 24.5 Å². The molecule has 0 bridgehead atoms. The van der Waals surface area contributed by atoms with Gasteiger partial charge in [-0.15, -0.1) is 0 Å². The van der Waals surface area contributed by atoms with Gasteiger partial charge in [0.15, 0.2) is 0 Å². The second-order valence-electron chi connectivity index (χ2n) is 2.57. The summed E-state index contributed by atoms with van der Waals surface area (Å²) in [5.41, 5.74) is 1.22. The van der Waals surface area contributed by atoms with E-state index in [0.717, 1.165) is 11.0 Å². The molecule has 2 heterocycles. The van der Waals surface area contributed by atoms with Crippen molar-refractivity contribution in [3.8, 4) is 0 Å². The van der Waals surface area contributed by atoms with Gasteiger partial charge < -0.3 is 10.1 Å². The van der Waals surface area contributed by atoms with Crippen molar-refractivity contribution in [2.24, 2.45) is 0 Å². The molecular formula is C8H7N3O2. The van der Waals surface area contributed by atoms with Gasteiger partial charge >= 0.3 is 6.09 Å². The van der Waals surface area contributed by atoms with E-state index < -0.39 is 6.09 Å². The van der Waals surface area contributed by atoms with Crippen LogP contribution in [0.1, 0.15) is 0 Å². The molecule has 0 saturated carbocycles. The first-order valence-corrected chi connectivity index (χ1v) is 3.69. The minimum Gasteiger partial charge on any atom is -0.465 e. The highest BCUT2D eigenvalue weighted by atomic mass is 16.4. The number of aromatic nitrogens is 2. The number of amides is 1. The molecule has 5 nitrogen and oxygen atoms in total. The zero-order chi connectivity index (χ0) is 9.26. The van der Waals surface area contributed by atoms with Crippen molar-refractivity contribution in [2.75, 3.05) is 5.32 Å². The summed E-state index contributed by atoms with van der Waals surface area (Å²) in [5, 5.41) is 11.6. The molecule has 0 atom stereocenters. The molecule has 0 aromatic carbocycles. The first-order chi connectivity index (χ1) is 6.25. The summed E-state index contributed by atoms with van der Waals surface area (Å²) < 4.78 is 0. The Hall–Kier alpha value is -2.04. The van der Waals surface area contributed by atoms with Crippen LogP contribution < -0.4 is 5.32 Å². The van der Waals surface area contributed by atoms with Gasteiger partial charge in [0.1, 0.15) is 5.65 Å². The summed E-state index contributed by atoms with van der Waals surface area (Å²) in [6.45, 7) is 0. The summed E-state index contributed by atoms with van der Waals surface area (Å²) in [4.78, 5) is 17.2. The van der Waals surface area contributed by atoms with Gasteiger partial charge in [0, 0.05) is 11.6 Å². The molecule has 1 amide bonds. The Morgan fingerprint density at radius 2 is 2.46 bits per heavy atom. The maximum atomic E-state index is 10.3.